The Hall–Kier alpha value is -0.890. The number of hydrogen-bond acceptors (Lipinski definition) is 1. The van der Waals surface area contributed by atoms with E-state index >= 15 is 0 Å². The number of halogens is 1. The molecule has 1 aliphatic rings. The summed E-state index contributed by atoms with van der Waals surface area (Å²) in [4.78, 5) is 0. The van der Waals surface area contributed by atoms with Crippen molar-refractivity contribution in [3.63, 3.8) is 0 Å². The fraction of sp³-hybridized carbons (Fsp3) is 0.625. The average Bonchev–Trinajstić information content (AvgIpc) is 2.40. The van der Waals surface area contributed by atoms with E-state index in [1.807, 2.05) is 6.07 Å². The average molecular weight is 249 g/mol. The van der Waals surface area contributed by atoms with Crippen molar-refractivity contribution in [2.24, 2.45) is 5.92 Å². The molecular weight excluding hydrogens is 225 g/mol. The number of rotatable bonds is 4. The lowest BCUT2D eigenvalue weighted by molar-refractivity contribution is 0.254. The minimum Gasteiger partial charge on any atom is -0.310 e. The van der Waals surface area contributed by atoms with Crippen LogP contribution < -0.4 is 5.32 Å². The van der Waals surface area contributed by atoms with Crippen molar-refractivity contribution in [1.82, 2.24) is 5.32 Å². The van der Waals surface area contributed by atoms with Gasteiger partial charge in [0, 0.05) is 12.6 Å². The van der Waals surface area contributed by atoms with Crippen LogP contribution in [0, 0.1) is 18.7 Å². The smallest absolute Gasteiger partial charge is 0.123 e. The zero-order valence-electron chi connectivity index (χ0n) is 11.5. The first-order valence-corrected chi connectivity index (χ1v) is 7.19. The van der Waals surface area contributed by atoms with Gasteiger partial charge in [-0.1, -0.05) is 32.3 Å². The van der Waals surface area contributed by atoms with E-state index in [9.17, 15) is 4.39 Å². The van der Waals surface area contributed by atoms with E-state index in [0.29, 0.717) is 6.04 Å². The molecule has 1 aromatic carbocycles. The monoisotopic (exact) mass is 249 g/mol. The molecular formula is C16H24FN. The highest BCUT2D eigenvalue weighted by Gasteiger charge is 2.22. The lowest BCUT2D eigenvalue weighted by Crippen LogP contribution is -2.38. The zero-order valence-corrected chi connectivity index (χ0v) is 11.5. The molecule has 1 nitrogen and oxygen atoms in total. The number of hydrogen-bond donors (Lipinski definition) is 1. The van der Waals surface area contributed by atoms with Crippen molar-refractivity contribution < 1.29 is 4.39 Å². The second kappa shape index (κ2) is 6.33. The first-order chi connectivity index (χ1) is 8.70. The predicted octanol–water partition coefficient (Wildman–Crippen LogP) is 4.19. The Morgan fingerprint density at radius 3 is 2.83 bits per heavy atom. The van der Waals surface area contributed by atoms with Crippen LogP contribution >= 0.6 is 0 Å². The summed E-state index contributed by atoms with van der Waals surface area (Å²) in [6, 6.07) is 5.68. The maximum Gasteiger partial charge on any atom is 0.123 e. The van der Waals surface area contributed by atoms with Crippen LogP contribution in [0.2, 0.25) is 0 Å². The van der Waals surface area contributed by atoms with Crippen molar-refractivity contribution in [3.05, 3.63) is 35.1 Å². The summed E-state index contributed by atoms with van der Waals surface area (Å²) in [5, 5.41) is 3.64. The number of benzene rings is 1. The van der Waals surface area contributed by atoms with Gasteiger partial charge in [0.15, 0.2) is 0 Å². The molecule has 0 spiro atoms. The summed E-state index contributed by atoms with van der Waals surface area (Å²) in [5.41, 5.74) is 2.27. The Labute approximate surface area is 110 Å². The van der Waals surface area contributed by atoms with Crippen LogP contribution in [0.1, 0.15) is 50.2 Å². The summed E-state index contributed by atoms with van der Waals surface area (Å²) in [5.74, 6) is 0.667. The van der Waals surface area contributed by atoms with Gasteiger partial charge < -0.3 is 5.32 Å². The van der Waals surface area contributed by atoms with Crippen molar-refractivity contribution >= 4 is 0 Å². The van der Waals surface area contributed by atoms with E-state index in [0.717, 1.165) is 18.0 Å². The Bertz CT molecular complexity index is 389. The highest BCUT2D eigenvalue weighted by Crippen LogP contribution is 2.27. The number of nitrogens with one attached hydrogen (secondary N) is 1. The molecule has 2 rings (SSSR count). The molecule has 0 bridgehead atoms. The fourth-order valence-electron chi connectivity index (χ4n) is 3.04. The van der Waals surface area contributed by atoms with Gasteiger partial charge >= 0.3 is 0 Å². The molecule has 2 heteroatoms. The third-order valence-corrected chi connectivity index (χ3v) is 4.30. The van der Waals surface area contributed by atoms with Gasteiger partial charge in [0.2, 0.25) is 0 Å². The van der Waals surface area contributed by atoms with Crippen LogP contribution in [0.15, 0.2) is 18.2 Å². The van der Waals surface area contributed by atoms with Gasteiger partial charge in [0.1, 0.15) is 5.82 Å². The van der Waals surface area contributed by atoms with E-state index < -0.39 is 0 Å². The molecule has 1 aliphatic carbocycles. The summed E-state index contributed by atoms with van der Waals surface area (Å²) >= 11 is 0. The van der Waals surface area contributed by atoms with E-state index in [1.165, 1.54) is 43.7 Å². The molecule has 1 N–H and O–H groups in total. The quantitative estimate of drug-likeness (QED) is 0.843. The second-order valence-corrected chi connectivity index (χ2v) is 5.51. The third-order valence-electron chi connectivity index (χ3n) is 4.30. The molecule has 0 aromatic heterocycles. The Balaban J connectivity index is 1.95. The molecule has 1 saturated carbocycles. The van der Waals surface area contributed by atoms with E-state index in [2.05, 4.69) is 19.2 Å². The highest BCUT2D eigenvalue weighted by molar-refractivity contribution is 5.26. The summed E-state index contributed by atoms with van der Waals surface area (Å²) < 4.78 is 13.2. The van der Waals surface area contributed by atoms with Crippen LogP contribution in [0.4, 0.5) is 4.39 Å². The van der Waals surface area contributed by atoms with Crippen LogP contribution in [0.5, 0.6) is 0 Å². The van der Waals surface area contributed by atoms with Gasteiger partial charge in [-0.05, 0) is 48.9 Å². The van der Waals surface area contributed by atoms with Gasteiger partial charge in [-0.25, -0.2) is 4.39 Å². The lowest BCUT2D eigenvalue weighted by atomic mass is 9.83. The zero-order chi connectivity index (χ0) is 13.0. The molecule has 100 valence electrons. The topological polar surface area (TPSA) is 12.0 Å². The van der Waals surface area contributed by atoms with Gasteiger partial charge in [0.25, 0.3) is 0 Å². The standard InChI is InChI=1S/C16H24FN/c1-3-13-6-4-5-7-16(13)18-11-14-10-15(17)9-8-12(14)2/h8-10,13,16,18H,3-7,11H2,1-2H3. The largest absolute Gasteiger partial charge is 0.310 e. The predicted molar refractivity (Wildman–Crippen MR) is 74.0 cm³/mol. The van der Waals surface area contributed by atoms with E-state index in [-0.39, 0.29) is 5.82 Å². The van der Waals surface area contributed by atoms with Gasteiger partial charge in [-0.15, -0.1) is 0 Å². The molecule has 0 amide bonds. The molecule has 18 heavy (non-hydrogen) atoms. The minimum atomic E-state index is -0.131. The van der Waals surface area contributed by atoms with Gasteiger partial charge in [-0.2, -0.15) is 0 Å². The van der Waals surface area contributed by atoms with Crippen molar-refractivity contribution in [3.8, 4) is 0 Å². The van der Waals surface area contributed by atoms with Crippen LogP contribution in [0.25, 0.3) is 0 Å². The molecule has 0 heterocycles. The highest BCUT2D eigenvalue weighted by atomic mass is 19.1. The van der Waals surface area contributed by atoms with Crippen LogP contribution in [0.3, 0.4) is 0 Å². The van der Waals surface area contributed by atoms with Crippen molar-refractivity contribution in [2.75, 3.05) is 0 Å². The number of aryl methyl sites for hydroxylation is 1. The molecule has 2 atom stereocenters. The Kier molecular flexibility index (Phi) is 4.76. The van der Waals surface area contributed by atoms with Gasteiger partial charge in [0.05, 0.1) is 0 Å². The summed E-state index contributed by atoms with van der Waals surface area (Å²) in [6.45, 7) is 5.12. The van der Waals surface area contributed by atoms with Crippen LogP contribution in [-0.2, 0) is 6.54 Å². The SMILES string of the molecule is CCC1CCCCC1NCc1cc(F)ccc1C. The Morgan fingerprint density at radius 2 is 2.06 bits per heavy atom. The van der Waals surface area contributed by atoms with Gasteiger partial charge in [-0.3, -0.25) is 0 Å². The normalized spacial score (nSPS) is 24.2. The summed E-state index contributed by atoms with van der Waals surface area (Å²) in [6.07, 6.45) is 6.56. The minimum absolute atomic E-state index is 0.131. The molecule has 0 radical (unpaired) electrons. The second-order valence-electron chi connectivity index (χ2n) is 5.51. The maximum absolute atomic E-state index is 13.2. The Morgan fingerprint density at radius 1 is 1.28 bits per heavy atom. The lowest BCUT2D eigenvalue weighted by Gasteiger charge is -2.32. The summed E-state index contributed by atoms with van der Waals surface area (Å²) in [7, 11) is 0. The molecule has 0 aliphatic heterocycles. The molecule has 1 fully saturated rings. The maximum atomic E-state index is 13.2. The first-order valence-electron chi connectivity index (χ1n) is 7.19. The first kappa shape index (κ1) is 13.5. The van der Waals surface area contributed by atoms with Crippen molar-refractivity contribution in [1.29, 1.82) is 0 Å². The molecule has 0 saturated heterocycles. The van der Waals surface area contributed by atoms with Crippen LogP contribution in [-0.4, -0.2) is 6.04 Å². The third kappa shape index (κ3) is 3.32. The van der Waals surface area contributed by atoms with Crippen molar-refractivity contribution in [2.45, 2.75) is 58.5 Å². The van der Waals surface area contributed by atoms with E-state index in [4.69, 9.17) is 0 Å². The molecule has 1 aromatic rings. The fourth-order valence-corrected chi connectivity index (χ4v) is 3.04. The van der Waals surface area contributed by atoms with E-state index in [1.54, 1.807) is 6.07 Å². The molecule has 2 unspecified atom stereocenters.